The highest BCUT2D eigenvalue weighted by atomic mass is 32.2. The molecule has 1 N–H and O–H groups in total. The van der Waals surface area contributed by atoms with Gasteiger partial charge in [0.05, 0.1) is 4.90 Å². The lowest BCUT2D eigenvalue weighted by Crippen LogP contribution is -2.46. The van der Waals surface area contributed by atoms with Crippen LogP contribution < -0.4 is 5.32 Å². The summed E-state index contributed by atoms with van der Waals surface area (Å²) >= 11 is 0. The second kappa shape index (κ2) is 5.09. The van der Waals surface area contributed by atoms with Crippen LogP contribution >= 0.6 is 0 Å². The smallest absolute Gasteiger partial charge is 0.243 e. The molecule has 112 valence electrons. The Balaban J connectivity index is 0.00000132. The summed E-state index contributed by atoms with van der Waals surface area (Å²) in [5.41, 5.74) is 0. The molecule has 0 amide bonds. The number of piperazine rings is 1. The van der Waals surface area contributed by atoms with Gasteiger partial charge >= 0.3 is 0 Å². The molecular weight excluding hydrogens is 284 g/mol. The van der Waals surface area contributed by atoms with Crippen molar-refractivity contribution in [2.75, 3.05) is 13.1 Å². The third-order valence-electron chi connectivity index (χ3n) is 4.33. The van der Waals surface area contributed by atoms with Crippen LogP contribution in [0.5, 0.6) is 0 Å². The summed E-state index contributed by atoms with van der Waals surface area (Å²) in [7, 11) is -3.37. The third-order valence-corrected chi connectivity index (χ3v) is 6.25. The summed E-state index contributed by atoms with van der Waals surface area (Å²) in [6, 6.07) is 13.7. The number of nitrogens with one attached hydrogen (secondary N) is 1. The van der Waals surface area contributed by atoms with Crippen molar-refractivity contribution in [1.29, 1.82) is 0 Å². The van der Waals surface area contributed by atoms with Crippen LogP contribution in [-0.2, 0) is 10.0 Å². The first-order valence-electron chi connectivity index (χ1n) is 6.89. The van der Waals surface area contributed by atoms with Crippen molar-refractivity contribution in [2.45, 2.75) is 30.8 Å². The van der Waals surface area contributed by atoms with Crippen molar-refractivity contribution in [3.63, 3.8) is 0 Å². The summed E-state index contributed by atoms with van der Waals surface area (Å²) in [5.74, 6) is 0. The van der Waals surface area contributed by atoms with Crippen LogP contribution in [0, 0.1) is 0 Å². The molecule has 0 spiro atoms. The van der Waals surface area contributed by atoms with E-state index in [4.69, 9.17) is 0 Å². The van der Waals surface area contributed by atoms with Crippen LogP contribution in [0.3, 0.4) is 0 Å². The molecule has 0 unspecified atom stereocenters. The van der Waals surface area contributed by atoms with Gasteiger partial charge in [0.15, 0.2) is 0 Å². The van der Waals surface area contributed by atoms with E-state index in [1.807, 2.05) is 30.3 Å². The van der Waals surface area contributed by atoms with Gasteiger partial charge in [-0.2, -0.15) is 4.31 Å². The van der Waals surface area contributed by atoms with E-state index in [1.165, 1.54) is 0 Å². The quantitative estimate of drug-likeness (QED) is 0.925. The van der Waals surface area contributed by atoms with E-state index in [-0.39, 0.29) is 13.5 Å². The predicted octanol–water partition coefficient (Wildman–Crippen LogP) is 2.21. The van der Waals surface area contributed by atoms with Gasteiger partial charge in [0, 0.05) is 25.2 Å². The zero-order chi connectivity index (χ0) is 13.7. The first-order chi connectivity index (χ1) is 9.64. The van der Waals surface area contributed by atoms with E-state index in [0.717, 1.165) is 23.7 Å². The highest BCUT2D eigenvalue weighted by molar-refractivity contribution is 7.89. The van der Waals surface area contributed by atoms with Crippen molar-refractivity contribution < 1.29 is 8.42 Å². The number of benzene rings is 2. The fourth-order valence-electron chi connectivity index (χ4n) is 3.28. The molecule has 2 saturated heterocycles. The van der Waals surface area contributed by atoms with E-state index >= 15 is 0 Å². The highest BCUT2D eigenvalue weighted by Gasteiger charge is 2.44. The minimum Gasteiger partial charge on any atom is -0.311 e. The SMILES string of the molecule is C.O=S(=O)(c1ccc2ccccc2c1)N1C[C@H]2C[C@@H]1CN2. The summed E-state index contributed by atoms with van der Waals surface area (Å²) < 4.78 is 27.2. The molecule has 0 aliphatic carbocycles. The number of fused-ring (bicyclic) bond motifs is 3. The van der Waals surface area contributed by atoms with Crippen molar-refractivity contribution in [1.82, 2.24) is 9.62 Å². The molecule has 4 rings (SSSR count). The minimum atomic E-state index is -3.37. The van der Waals surface area contributed by atoms with Gasteiger partial charge in [0.25, 0.3) is 0 Å². The largest absolute Gasteiger partial charge is 0.311 e. The number of sulfonamides is 1. The normalized spacial score (nSPS) is 25.1. The molecule has 2 aromatic carbocycles. The van der Waals surface area contributed by atoms with Gasteiger partial charge in [-0.05, 0) is 29.3 Å². The Morgan fingerprint density at radius 3 is 2.52 bits per heavy atom. The maximum atomic E-state index is 12.8. The summed E-state index contributed by atoms with van der Waals surface area (Å²) in [5, 5.41) is 5.37. The van der Waals surface area contributed by atoms with Crippen LogP contribution in [0.25, 0.3) is 10.8 Å². The van der Waals surface area contributed by atoms with Gasteiger partial charge in [-0.25, -0.2) is 8.42 Å². The topological polar surface area (TPSA) is 49.4 Å². The Morgan fingerprint density at radius 2 is 1.86 bits per heavy atom. The first kappa shape index (κ1) is 14.5. The Hall–Kier alpha value is -1.43. The molecule has 5 heteroatoms. The number of hydrogen-bond donors (Lipinski definition) is 1. The average Bonchev–Trinajstić information content (AvgIpc) is 3.09. The lowest BCUT2D eigenvalue weighted by atomic mass is 10.1. The summed E-state index contributed by atoms with van der Waals surface area (Å²) in [4.78, 5) is 0.406. The van der Waals surface area contributed by atoms with Crippen molar-refractivity contribution in [3.8, 4) is 0 Å². The second-order valence-electron chi connectivity index (χ2n) is 5.58. The van der Waals surface area contributed by atoms with E-state index in [1.54, 1.807) is 16.4 Å². The lowest BCUT2D eigenvalue weighted by molar-refractivity contribution is 0.349. The Morgan fingerprint density at radius 1 is 1.10 bits per heavy atom. The van der Waals surface area contributed by atoms with Gasteiger partial charge in [0.2, 0.25) is 10.0 Å². The number of nitrogens with zero attached hydrogens (tertiary/aromatic N) is 1. The van der Waals surface area contributed by atoms with Gasteiger partial charge in [0.1, 0.15) is 0 Å². The first-order valence-corrected chi connectivity index (χ1v) is 8.33. The molecule has 2 fully saturated rings. The van der Waals surface area contributed by atoms with Crippen molar-refractivity contribution in [3.05, 3.63) is 42.5 Å². The molecule has 2 atom stereocenters. The molecule has 0 aromatic heterocycles. The zero-order valence-electron chi connectivity index (χ0n) is 11.0. The van der Waals surface area contributed by atoms with E-state index < -0.39 is 10.0 Å². The Kier molecular flexibility index (Phi) is 3.51. The fraction of sp³-hybridized carbons (Fsp3) is 0.375. The van der Waals surface area contributed by atoms with Crippen LogP contribution in [0.15, 0.2) is 47.4 Å². The third kappa shape index (κ3) is 2.25. The van der Waals surface area contributed by atoms with E-state index in [2.05, 4.69) is 5.32 Å². The standard InChI is InChI=1S/C15H16N2O2S.CH4/c18-20(19,17-10-13-8-14(17)9-16-13)15-6-5-11-3-1-2-4-12(11)7-15;/h1-7,13-14,16H,8-10H2;1H4/t13-,14-;/m1./s1. The molecule has 2 bridgehead atoms. The molecule has 21 heavy (non-hydrogen) atoms. The maximum absolute atomic E-state index is 12.8. The minimum absolute atomic E-state index is 0. The highest BCUT2D eigenvalue weighted by Crippen LogP contribution is 2.30. The lowest BCUT2D eigenvalue weighted by Gasteiger charge is -2.26. The molecule has 4 nitrogen and oxygen atoms in total. The van der Waals surface area contributed by atoms with Crippen LogP contribution in [0.1, 0.15) is 13.8 Å². The Labute approximate surface area is 125 Å². The number of hydrogen-bond acceptors (Lipinski definition) is 3. The molecule has 2 heterocycles. The van der Waals surface area contributed by atoms with Crippen LogP contribution in [0.2, 0.25) is 0 Å². The zero-order valence-corrected chi connectivity index (χ0v) is 11.8. The van der Waals surface area contributed by atoms with Gasteiger partial charge in [-0.15, -0.1) is 0 Å². The van der Waals surface area contributed by atoms with E-state index in [9.17, 15) is 8.42 Å². The molecular formula is C16H20N2O2S. The molecule has 0 saturated carbocycles. The summed E-state index contributed by atoms with van der Waals surface area (Å²) in [6.07, 6.45) is 0.937. The molecule has 2 aliphatic heterocycles. The van der Waals surface area contributed by atoms with Gasteiger partial charge < -0.3 is 5.32 Å². The van der Waals surface area contributed by atoms with Gasteiger partial charge in [-0.3, -0.25) is 0 Å². The van der Waals surface area contributed by atoms with Crippen molar-refractivity contribution in [2.24, 2.45) is 0 Å². The van der Waals surface area contributed by atoms with E-state index in [0.29, 0.717) is 17.5 Å². The molecule has 0 radical (unpaired) electrons. The average molecular weight is 304 g/mol. The van der Waals surface area contributed by atoms with Gasteiger partial charge in [-0.1, -0.05) is 37.8 Å². The fourth-order valence-corrected chi connectivity index (χ4v) is 5.00. The summed E-state index contributed by atoms with van der Waals surface area (Å²) in [6.45, 7) is 1.37. The Bertz CT molecular complexity index is 773. The number of rotatable bonds is 2. The second-order valence-corrected chi connectivity index (χ2v) is 7.47. The van der Waals surface area contributed by atoms with Crippen LogP contribution in [-0.4, -0.2) is 37.9 Å². The van der Waals surface area contributed by atoms with Crippen molar-refractivity contribution >= 4 is 20.8 Å². The maximum Gasteiger partial charge on any atom is 0.243 e. The van der Waals surface area contributed by atoms with Crippen LogP contribution in [0.4, 0.5) is 0 Å². The predicted molar refractivity (Wildman–Crippen MR) is 84.8 cm³/mol. The molecule has 2 aromatic rings. The monoisotopic (exact) mass is 304 g/mol. The molecule has 2 aliphatic rings.